The Morgan fingerprint density at radius 3 is 2.50 bits per heavy atom. The number of aliphatic carboxylic acids is 1. The van der Waals surface area contributed by atoms with Gasteiger partial charge in [0.05, 0.1) is 5.56 Å². The summed E-state index contributed by atoms with van der Waals surface area (Å²) in [4.78, 5) is 10.3. The summed E-state index contributed by atoms with van der Waals surface area (Å²) in [7, 11) is 0. The summed E-state index contributed by atoms with van der Waals surface area (Å²) in [6.07, 6.45) is -2.48. The lowest BCUT2D eigenvalue weighted by atomic mass is 10.1. The molecule has 0 aliphatic rings. The fourth-order valence-electron chi connectivity index (χ4n) is 1.01. The third-order valence-electron chi connectivity index (χ3n) is 1.73. The molecule has 6 heteroatoms. The van der Waals surface area contributed by atoms with Gasteiger partial charge < -0.3 is 5.11 Å². The van der Waals surface area contributed by atoms with Crippen LogP contribution in [0.1, 0.15) is 11.1 Å². The Morgan fingerprint density at radius 1 is 1.38 bits per heavy atom. The van der Waals surface area contributed by atoms with Crippen molar-refractivity contribution in [2.24, 2.45) is 0 Å². The van der Waals surface area contributed by atoms with E-state index in [2.05, 4.69) is 0 Å². The average molecular weight is 342 g/mol. The van der Waals surface area contributed by atoms with Crippen molar-refractivity contribution in [1.29, 1.82) is 0 Å². The van der Waals surface area contributed by atoms with Gasteiger partial charge >= 0.3 is 12.1 Å². The minimum Gasteiger partial charge on any atom is -0.478 e. The zero-order valence-electron chi connectivity index (χ0n) is 7.75. The normalized spacial score (nSPS) is 12.0. The standard InChI is InChI=1S/C10H6F3IO2/c11-10(12,13)7-2-3-8(14)6(5-7)1-4-9(15)16/h1-5H,(H,15,16)/b4-1+. The highest BCUT2D eigenvalue weighted by atomic mass is 127. The molecule has 0 bridgehead atoms. The van der Waals surface area contributed by atoms with Gasteiger partial charge in [-0.2, -0.15) is 13.2 Å². The lowest BCUT2D eigenvalue weighted by Gasteiger charge is -2.08. The van der Waals surface area contributed by atoms with E-state index < -0.39 is 17.7 Å². The highest BCUT2D eigenvalue weighted by Crippen LogP contribution is 2.31. The Morgan fingerprint density at radius 2 is 2.00 bits per heavy atom. The Bertz CT molecular complexity index is 438. The number of carboxylic acid groups (broad SMARTS) is 1. The van der Waals surface area contributed by atoms with E-state index in [4.69, 9.17) is 5.11 Å². The maximum atomic E-state index is 12.4. The fraction of sp³-hybridized carbons (Fsp3) is 0.100. The third-order valence-corrected chi connectivity index (χ3v) is 2.71. The largest absolute Gasteiger partial charge is 0.478 e. The summed E-state index contributed by atoms with van der Waals surface area (Å²) in [5.74, 6) is -1.20. The van der Waals surface area contributed by atoms with E-state index in [1.165, 1.54) is 6.07 Å². The molecule has 0 aliphatic heterocycles. The number of rotatable bonds is 2. The van der Waals surface area contributed by atoms with Crippen molar-refractivity contribution in [3.63, 3.8) is 0 Å². The second kappa shape index (κ2) is 4.86. The molecule has 0 amide bonds. The van der Waals surface area contributed by atoms with Gasteiger partial charge in [-0.25, -0.2) is 4.79 Å². The highest BCUT2D eigenvalue weighted by molar-refractivity contribution is 14.1. The molecule has 0 spiro atoms. The SMILES string of the molecule is O=C(O)/C=C/c1cc(C(F)(F)F)ccc1I. The van der Waals surface area contributed by atoms with Crippen LogP contribution in [0.25, 0.3) is 6.08 Å². The molecule has 0 atom stereocenters. The lowest BCUT2D eigenvalue weighted by molar-refractivity contribution is -0.137. The quantitative estimate of drug-likeness (QED) is 0.661. The summed E-state index contributed by atoms with van der Waals surface area (Å²) in [6.45, 7) is 0. The summed E-state index contributed by atoms with van der Waals surface area (Å²) < 4.78 is 37.6. The van der Waals surface area contributed by atoms with Gasteiger partial charge in [0.2, 0.25) is 0 Å². The Labute approximate surface area is 103 Å². The molecule has 2 nitrogen and oxygen atoms in total. The van der Waals surface area contributed by atoms with E-state index in [1.807, 2.05) is 22.6 Å². The molecule has 0 aromatic heterocycles. The molecule has 0 fully saturated rings. The predicted octanol–water partition coefficient (Wildman–Crippen LogP) is 3.41. The minimum atomic E-state index is -4.42. The zero-order valence-corrected chi connectivity index (χ0v) is 9.91. The Kier molecular flexibility index (Phi) is 3.95. The van der Waals surface area contributed by atoms with Crippen LogP contribution in [0.15, 0.2) is 24.3 Å². The van der Waals surface area contributed by atoms with Crippen molar-refractivity contribution in [2.45, 2.75) is 6.18 Å². The number of carboxylic acids is 1. The highest BCUT2D eigenvalue weighted by Gasteiger charge is 2.30. The van der Waals surface area contributed by atoms with Gasteiger partial charge in [-0.05, 0) is 52.4 Å². The van der Waals surface area contributed by atoms with Crippen LogP contribution in [-0.2, 0) is 11.0 Å². The van der Waals surface area contributed by atoms with Crippen LogP contribution in [0.4, 0.5) is 13.2 Å². The van der Waals surface area contributed by atoms with E-state index >= 15 is 0 Å². The molecule has 0 unspecified atom stereocenters. The van der Waals surface area contributed by atoms with Crippen LogP contribution in [-0.4, -0.2) is 11.1 Å². The molecule has 0 radical (unpaired) electrons. The lowest BCUT2D eigenvalue weighted by Crippen LogP contribution is -2.05. The van der Waals surface area contributed by atoms with Crippen molar-refractivity contribution < 1.29 is 23.1 Å². The van der Waals surface area contributed by atoms with Gasteiger partial charge in [-0.3, -0.25) is 0 Å². The zero-order chi connectivity index (χ0) is 12.3. The average Bonchev–Trinajstić information content (AvgIpc) is 2.14. The summed E-state index contributed by atoms with van der Waals surface area (Å²) in [5, 5.41) is 8.38. The topological polar surface area (TPSA) is 37.3 Å². The monoisotopic (exact) mass is 342 g/mol. The van der Waals surface area contributed by atoms with Gasteiger partial charge in [0, 0.05) is 9.65 Å². The molecule has 0 saturated carbocycles. The van der Waals surface area contributed by atoms with Gasteiger partial charge in [0.25, 0.3) is 0 Å². The maximum absolute atomic E-state index is 12.4. The molecule has 16 heavy (non-hydrogen) atoms. The Balaban J connectivity index is 3.14. The molecule has 1 aromatic carbocycles. The molecular formula is C10H6F3IO2. The first-order valence-electron chi connectivity index (χ1n) is 4.08. The molecule has 0 heterocycles. The molecule has 1 aromatic rings. The van der Waals surface area contributed by atoms with Crippen molar-refractivity contribution in [2.75, 3.05) is 0 Å². The molecule has 0 aliphatic carbocycles. The van der Waals surface area contributed by atoms with Crippen LogP contribution >= 0.6 is 22.6 Å². The number of benzene rings is 1. The maximum Gasteiger partial charge on any atom is 0.416 e. The van der Waals surface area contributed by atoms with Crippen molar-refractivity contribution in [3.05, 3.63) is 39.0 Å². The summed E-state index contributed by atoms with van der Waals surface area (Å²) in [6, 6.07) is 3.17. The van der Waals surface area contributed by atoms with Crippen LogP contribution in [0.3, 0.4) is 0 Å². The predicted molar refractivity (Wildman–Crippen MR) is 60.8 cm³/mol. The molecule has 1 rings (SSSR count). The summed E-state index contributed by atoms with van der Waals surface area (Å²) in [5.41, 5.74) is -0.559. The van der Waals surface area contributed by atoms with Crippen LogP contribution in [0.2, 0.25) is 0 Å². The molecule has 86 valence electrons. The van der Waals surface area contributed by atoms with Crippen LogP contribution in [0.5, 0.6) is 0 Å². The fourth-order valence-corrected chi connectivity index (χ4v) is 1.52. The number of hydrogen-bond donors (Lipinski definition) is 1. The minimum absolute atomic E-state index is 0.234. The van der Waals surface area contributed by atoms with E-state index in [1.54, 1.807) is 0 Å². The van der Waals surface area contributed by atoms with E-state index in [0.717, 1.165) is 24.3 Å². The van der Waals surface area contributed by atoms with E-state index in [0.29, 0.717) is 3.57 Å². The first kappa shape index (κ1) is 13.0. The first-order valence-corrected chi connectivity index (χ1v) is 5.16. The van der Waals surface area contributed by atoms with E-state index in [9.17, 15) is 18.0 Å². The van der Waals surface area contributed by atoms with Crippen molar-refractivity contribution in [3.8, 4) is 0 Å². The Hall–Kier alpha value is -1.05. The molecule has 1 N–H and O–H groups in total. The van der Waals surface area contributed by atoms with Gasteiger partial charge in [0.1, 0.15) is 0 Å². The van der Waals surface area contributed by atoms with E-state index in [-0.39, 0.29) is 5.56 Å². The number of halogens is 4. The number of carbonyl (C=O) groups is 1. The number of alkyl halides is 3. The van der Waals surface area contributed by atoms with Gasteiger partial charge in [0.15, 0.2) is 0 Å². The first-order chi connectivity index (χ1) is 7.30. The number of hydrogen-bond acceptors (Lipinski definition) is 1. The van der Waals surface area contributed by atoms with Crippen molar-refractivity contribution >= 4 is 34.6 Å². The smallest absolute Gasteiger partial charge is 0.416 e. The summed E-state index contributed by atoms with van der Waals surface area (Å²) >= 11 is 1.84. The van der Waals surface area contributed by atoms with Crippen LogP contribution < -0.4 is 0 Å². The van der Waals surface area contributed by atoms with Gasteiger partial charge in [-0.15, -0.1) is 0 Å². The van der Waals surface area contributed by atoms with Crippen molar-refractivity contribution in [1.82, 2.24) is 0 Å². The van der Waals surface area contributed by atoms with Crippen LogP contribution in [0, 0.1) is 3.57 Å². The second-order valence-electron chi connectivity index (χ2n) is 2.91. The molecular weight excluding hydrogens is 336 g/mol. The second-order valence-corrected chi connectivity index (χ2v) is 4.07. The third kappa shape index (κ3) is 3.51. The molecule has 0 saturated heterocycles. The van der Waals surface area contributed by atoms with Gasteiger partial charge in [-0.1, -0.05) is 0 Å².